The summed E-state index contributed by atoms with van der Waals surface area (Å²) in [6.07, 6.45) is 4.36. The minimum atomic E-state index is -0.674. The summed E-state index contributed by atoms with van der Waals surface area (Å²) < 4.78 is 0. The average Bonchev–Trinajstić information content (AvgIpc) is 3.20. The van der Waals surface area contributed by atoms with Crippen molar-refractivity contribution in [2.24, 2.45) is 5.73 Å². The first-order valence-corrected chi connectivity index (χ1v) is 8.26. The minimum Gasteiger partial charge on any atom is -0.410 e. The SMILES string of the molecule is CC.CC.[NH-]c1ncc(C(N)=O)c(Nc2cccc(-n3nccn3)c2)n1.[Y]. The molecule has 10 heteroatoms. The second-order valence-corrected chi connectivity index (χ2v) is 4.31. The number of amides is 1. The summed E-state index contributed by atoms with van der Waals surface area (Å²) in [5, 5.41) is 11.0. The zero-order chi connectivity index (χ0) is 19.5. The van der Waals surface area contributed by atoms with E-state index in [2.05, 4.69) is 25.5 Å². The first kappa shape index (κ1) is 24.6. The van der Waals surface area contributed by atoms with Crippen molar-refractivity contribution >= 4 is 23.4 Å². The van der Waals surface area contributed by atoms with Crippen molar-refractivity contribution in [3.8, 4) is 5.69 Å². The second-order valence-electron chi connectivity index (χ2n) is 4.31. The van der Waals surface area contributed by atoms with E-state index in [1.807, 2.05) is 33.8 Å². The van der Waals surface area contributed by atoms with Gasteiger partial charge in [0, 0.05) is 44.3 Å². The van der Waals surface area contributed by atoms with Crippen LogP contribution in [0.25, 0.3) is 11.4 Å². The first-order chi connectivity index (χ1) is 12.6. The third-order valence-corrected chi connectivity index (χ3v) is 2.81. The molecule has 0 spiro atoms. The van der Waals surface area contributed by atoms with Crippen LogP contribution in [0.15, 0.2) is 42.9 Å². The van der Waals surface area contributed by atoms with Gasteiger partial charge in [0.15, 0.2) is 0 Å². The predicted octanol–water partition coefficient (Wildman–Crippen LogP) is 3.63. The molecule has 2 aromatic heterocycles. The van der Waals surface area contributed by atoms with Gasteiger partial charge in [0.25, 0.3) is 5.91 Å². The number of aromatic nitrogens is 5. The van der Waals surface area contributed by atoms with E-state index >= 15 is 0 Å². The molecule has 0 atom stereocenters. The van der Waals surface area contributed by atoms with Crippen molar-refractivity contribution < 1.29 is 37.5 Å². The Morgan fingerprint density at radius 1 is 1.15 bits per heavy atom. The molecule has 0 aliphatic rings. The number of anilines is 2. The van der Waals surface area contributed by atoms with E-state index in [1.165, 1.54) is 11.0 Å². The third-order valence-electron chi connectivity index (χ3n) is 2.81. The van der Waals surface area contributed by atoms with Gasteiger partial charge in [0.2, 0.25) is 0 Å². The fourth-order valence-electron chi connectivity index (χ4n) is 1.85. The van der Waals surface area contributed by atoms with Crippen molar-refractivity contribution in [3.05, 3.63) is 54.2 Å². The summed E-state index contributed by atoms with van der Waals surface area (Å²) in [5.74, 6) is -0.706. The van der Waals surface area contributed by atoms with Gasteiger partial charge in [-0.15, -0.1) is 0 Å². The second kappa shape index (κ2) is 12.9. The van der Waals surface area contributed by atoms with Gasteiger partial charge < -0.3 is 26.8 Å². The monoisotopic (exact) mass is 444 g/mol. The summed E-state index contributed by atoms with van der Waals surface area (Å²) in [4.78, 5) is 20.4. The summed E-state index contributed by atoms with van der Waals surface area (Å²) in [6.45, 7) is 8.00. The number of rotatable bonds is 4. The van der Waals surface area contributed by atoms with Crippen molar-refractivity contribution in [1.82, 2.24) is 25.0 Å². The van der Waals surface area contributed by atoms with Crippen LogP contribution < -0.4 is 11.1 Å². The van der Waals surface area contributed by atoms with E-state index in [-0.39, 0.29) is 50.0 Å². The molecule has 0 saturated heterocycles. The van der Waals surface area contributed by atoms with E-state index in [0.717, 1.165) is 5.69 Å². The largest absolute Gasteiger partial charge is 0.410 e. The van der Waals surface area contributed by atoms with Crippen LogP contribution in [0.2, 0.25) is 0 Å². The maximum absolute atomic E-state index is 11.4. The summed E-state index contributed by atoms with van der Waals surface area (Å²) in [5.41, 5.74) is 14.2. The maximum Gasteiger partial charge on any atom is 0.251 e. The van der Waals surface area contributed by atoms with Gasteiger partial charge in [-0.3, -0.25) is 4.79 Å². The smallest absolute Gasteiger partial charge is 0.251 e. The van der Waals surface area contributed by atoms with Crippen LogP contribution in [0.4, 0.5) is 17.5 Å². The van der Waals surface area contributed by atoms with E-state index in [0.29, 0.717) is 5.69 Å². The van der Waals surface area contributed by atoms with Crippen LogP contribution in [0.1, 0.15) is 38.1 Å². The molecular formula is C17H23N8OY-. The Labute approximate surface area is 183 Å². The molecule has 0 bridgehead atoms. The molecule has 1 radical (unpaired) electrons. The van der Waals surface area contributed by atoms with E-state index < -0.39 is 5.91 Å². The van der Waals surface area contributed by atoms with Crippen molar-refractivity contribution in [3.63, 3.8) is 0 Å². The van der Waals surface area contributed by atoms with E-state index in [9.17, 15) is 4.79 Å². The van der Waals surface area contributed by atoms with Crippen LogP contribution in [0.5, 0.6) is 0 Å². The zero-order valence-electron chi connectivity index (χ0n) is 15.8. The summed E-state index contributed by atoms with van der Waals surface area (Å²) in [6, 6.07) is 7.18. The zero-order valence-corrected chi connectivity index (χ0v) is 18.7. The number of benzene rings is 1. The fourth-order valence-corrected chi connectivity index (χ4v) is 1.85. The molecule has 27 heavy (non-hydrogen) atoms. The fraction of sp³-hybridized carbons (Fsp3) is 0.235. The van der Waals surface area contributed by atoms with Gasteiger partial charge in [0.05, 0.1) is 29.5 Å². The molecule has 9 nitrogen and oxygen atoms in total. The predicted molar refractivity (Wildman–Crippen MR) is 102 cm³/mol. The van der Waals surface area contributed by atoms with Crippen molar-refractivity contribution in [1.29, 1.82) is 0 Å². The number of carbonyl (C=O) groups is 1. The van der Waals surface area contributed by atoms with Crippen LogP contribution in [-0.2, 0) is 32.7 Å². The van der Waals surface area contributed by atoms with Gasteiger partial charge in [-0.05, 0) is 24.4 Å². The minimum absolute atomic E-state index is 0. The molecule has 0 unspecified atom stereocenters. The quantitative estimate of drug-likeness (QED) is 0.631. The van der Waals surface area contributed by atoms with Gasteiger partial charge in [-0.1, -0.05) is 33.8 Å². The third kappa shape index (κ3) is 7.03. The molecule has 1 aromatic carbocycles. The topological polar surface area (TPSA) is 135 Å². The molecule has 4 N–H and O–H groups in total. The molecule has 0 aliphatic carbocycles. The van der Waals surface area contributed by atoms with Crippen LogP contribution in [0, 0.1) is 0 Å². The van der Waals surface area contributed by atoms with Crippen molar-refractivity contribution in [2.75, 3.05) is 5.32 Å². The standard InChI is InChI=1S/C13H12N8O.2C2H6.Y/c14-11(22)10-7-16-13(15)20-12(10)19-8-2-1-3-9(6-8)21-17-4-5-18-21;2*1-2;/h1-7H,(H5,14,15,16,19,20,22);2*1-2H3;/p-1. The molecule has 1 amide bonds. The average molecular weight is 444 g/mol. The Bertz CT molecular complexity index is 824. The Hall–Kier alpha value is -2.39. The summed E-state index contributed by atoms with van der Waals surface area (Å²) in [7, 11) is 0. The Kier molecular flexibility index (Phi) is 11.7. The number of primary amides is 1. The van der Waals surface area contributed by atoms with Crippen molar-refractivity contribution in [2.45, 2.75) is 27.7 Å². The number of nitrogens with zero attached hydrogens (tertiary/aromatic N) is 5. The van der Waals surface area contributed by atoms with E-state index in [1.54, 1.807) is 30.6 Å². The number of nitrogens with two attached hydrogens (primary N) is 1. The normalized spacial score (nSPS) is 8.89. The first-order valence-electron chi connectivity index (χ1n) is 8.26. The van der Waals surface area contributed by atoms with Gasteiger partial charge in [-0.2, -0.15) is 15.0 Å². The number of carbonyl (C=O) groups excluding carboxylic acids is 1. The Morgan fingerprint density at radius 3 is 2.37 bits per heavy atom. The summed E-state index contributed by atoms with van der Waals surface area (Å²) >= 11 is 0. The molecule has 2 heterocycles. The molecule has 0 aliphatic heterocycles. The van der Waals surface area contributed by atoms with Gasteiger partial charge >= 0.3 is 0 Å². The molecule has 0 saturated carbocycles. The number of nitrogens with one attached hydrogen (secondary N) is 2. The molecular weight excluding hydrogens is 421 g/mol. The maximum atomic E-state index is 11.4. The molecule has 141 valence electrons. The number of hydrogen-bond donors (Lipinski definition) is 2. The van der Waals surface area contributed by atoms with Crippen LogP contribution in [0.3, 0.4) is 0 Å². The molecule has 0 fully saturated rings. The number of hydrogen-bond acceptors (Lipinski definition) is 6. The molecule has 3 aromatic rings. The van der Waals surface area contributed by atoms with Crippen LogP contribution >= 0.6 is 0 Å². The van der Waals surface area contributed by atoms with Crippen LogP contribution in [-0.4, -0.2) is 30.9 Å². The van der Waals surface area contributed by atoms with Gasteiger partial charge in [0.1, 0.15) is 0 Å². The molecule has 3 rings (SSSR count). The Balaban J connectivity index is 0.00000127. The Morgan fingerprint density at radius 2 is 1.78 bits per heavy atom. The van der Waals surface area contributed by atoms with Gasteiger partial charge in [-0.25, -0.2) is 0 Å². The van der Waals surface area contributed by atoms with E-state index in [4.69, 9.17) is 11.5 Å².